The molecule has 0 fully saturated rings. The fraction of sp³-hybridized carbons (Fsp3) is 0.0952. The fourth-order valence-electron chi connectivity index (χ4n) is 2.93. The normalized spacial score (nSPS) is 10.8. The van der Waals surface area contributed by atoms with Crippen LogP contribution < -0.4 is 10.1 Å². The maximum Gasteiger partial charge on any atom is 0.255 e. The second kappa shape index (κ2) is 7.48. The molecule has 0 saturated heterocycles. The summed E-state index contributed by atoms with van der Waals surface area (Å²) < 4.78 is 20.7. The molecule has 4 rings (SSSR count). The predicted octanol–water partition coefficient (Wildman–Crippen LogP) is 3.88. The van der Waals surface area contributed by atoms with Gasteiger partial charge >= 0.3 is 0 Å². The topological polar surface area (TPSA) is 69.0 Å². The summed E-state index contributed by atoms with van der Waals surface area (Å²) in [6.45, 7) is 0.522. The van der Waals surface area contributed by atoms with Gasteiger partial charge in [-0.2, -0.15) is 0 Å². The summed E-state index contributed by atoms with van der Waals surface area (Å²) in [6, 6.07) is 18.8. The molecule has 1 amide bonds. The lowest BCUT2D eigenvalue weighted by Gasteiger charge is -2.07. The van der Waals surface area contributed by atoms with Crippen molar-refractivity contribution in [1.82, 2.24) is 15.0 Å². The van der Waals surface area contributed by atoms with Crippen LogP contribution in [0.3, 0.4) is 0 Å². The molecule has 6 nitrogen and oxygen atoms in total. The number of carbonyl (C=O) groups excluding carboxylic acids is 1. The van der Waals surface area contributed by atoms with E-state index in [-0.39, 0.29) is 5.69 Å². The molecule has 1 N–H and O–H groups in total. The molecular formula is C21H17FN4O2. The molecule has 0 spiro atoms. The highest BCUT2D eigenvalue weighted by Crippen LogP contribution is 2.19. The third kappa shape index (κ3) is 3.55. The maximum absolute atomic E-state index is 13.7. The van der Waals surface area contributed by atoms with Crippen molar-refractivity contribution >= 4 is 22.6 Å². The molecule has 1 aromatic heterocycles. The number of nitrogens with one attached hydrogen (secondary N) is 1. The zero-order chi connectivity index (χ0) is 19.5. The van der Waals surface area contributed by atoms with E-state index in [0.29, 0.717) is 17.6 Å². The number of amides is 1. The summed E-state index contributed by atoms with van der Waals surface area (Å²) >= 11 is 0. The Morgan fingerprint density at radius 1 is 1.11 bits per heavy atom. The van der Waals surface area contributed by atoms with E-state index in [2.05, 4.69) is 15.6 Å². The molecule has 0 bridgehead atoms. The molecule has 0 saturated carbocycles. The Hall–Kier alpha value is -3.74. The van der Waals surface area contributed by atoms with E-state index < -0.39 is 11.7 Å². The molecule has 140 valence electrons. The zero-order valence-corrected chi connectivity index (χ0v) is 15.1. The number of hydrogen-bond acceptors (Lipinski definition) is 4. The minimum absolute atomic E-state index is 0.134. The second-order valence-electron chi connectivity index (χ2n) is 6.24. The minimum Gasteiger partial charge on any atom is -0.497 e. The summed E-state index contributed by atoms with van der Waals surface area (Å²) in [5, 5.41) is 10.9. The molecule has 0 unspecified atom stereocenters. The summed E-state index contributed by atoms with van der Waals surface area (Å²) in [5.41, 5.74) is 2.92. The van der Waals surface area contributed by atoms with Crippen molar-refractivity contribution in [2.24, 2.45) is 0 Å². The first-order chi connectivity index (χ1) is 13.6. The van der Waals surface area contributed by atoms with Crippen molar-refractivity contribution in [3.05, 3.63) is 83.7 Å². The average molecular weight is 376 g/mol. The number of methoxy groups -OCH3 is 1. The summed E-state index contributed by atoms with van der Waals surface area (Å²) in [5.74, 6) is -0.121. The first kappa shape index (κ1) is 17.7. The van der Waals surface area contributed by atoms with Crippen molar-refractivity contribution in [1.29, 1.82) is 0 Å². The van der Waals surface area contributed by atoms with E-state index in [4.69, 9.17) is 4.74 Å². The van der Waals surface area contributed by atoms with Crippen LogP contribution in [0.2, 0.25) is 0 Å². The highest BCUT2D eigenvalue weighted by atomic mass is 19.1. The van der Waals surface area contributed by atoms with Gasteiger partial charge in [0.1, 0.15) is 17.1 Å². The third-order valence-electron chi connectivity index (χ3n) is 4.36. The fourth-order valence-corrected chi connectivity index (χ4v) is 2.93. The van der Waals surface area contributed by atoms with Gasteiger partial charge in [-0.3, -0.25) is 4.79 Å². The number of hydrogen-bond donors (Lipinski definition) is 1. The third-order valence-corrected chi connectivity index (χ3v) is 4.36. The Kier molecular flexibility index (Phi) is 4.72. The van der Waals surface area contributed by atoms with Gasteiger partial charge in [0.05, 0.1) is 24.9 Å². The summed E-state index contributed by atoms with van der Waals surface area (Å²) in [4.78, 5) is 12.4. The Balaban J connectivity index is 1.57. The largest absolute Gasteiger partial charge is 0.497 e. The molecule has 3 aromatic carbocycles. The van der Waals surface area contributed by atoms with E-state index in [1.54, 1.807) is 42.1 Å². The number of carbonyl (C=O) groups is 1. The lowest BCUT2D eigenvalue weighted by atomic mass is 10.1. The van der Waals surface area contributed by atoms with Crippen LogP contribution in [0.4, 0.5) is 10.1 Å². The van der Waals surface area contributed by atoms with Gasteiger partial charge in [0.2, 0.25) is 0 Å². The molecule has 0 aliphatic rings. The van der Waals surface area contributed by atoms with Crippen LogP contribution in [0, 0.1) is 5.82 Å². The zero-order valence-electron chi connectivity index (χ0n) is 15.1. The van der Waals surface area contributed by atoms with Gasteiger partial charge in [0.15, 0.2) is 0 Å². The SMILES string of the molecule is COc1cccc(Cn2nnc3cc(C(=O)Nc4ccccc4F)ccc32)c1. The van der Waals surface area contributed by atoms with Gasteiger partial charge in [0.25, 0.3) is 5.91 Å². The first-order valence-electron chi connectivity index (χ1n) is 8.66. The van der Waals surface area contributed by atoms with Crippen LogP contribution >= 0.6 is 0 Å². The van der Waals surface area contributed by atoms with E-state index in [9.17, 15) is 9.18 Å². The maximum atomic E-state index is 13.7. The highest BCUT2D eigenvalue weighted by molar-refractivity contribution is 6.05. The molecule has 7 heteroatoms. The van der Waals surface area contributed by atoms with Gasteiger partial charge in [-0.15, -0.1) is 5.10 Å². The number of para-hydroxylation sites is 1. The molecular weight excluding hydrogens is 359 g/mol. The molecule has 28 heavy (non-hydrogen) atoms. The van der Waals surface area contributed by atoms with Gasteiger partial charge < -0.3 is 10.1 Å². The minimum atomic E-state index is -0.485. The van der Waals surface area contributed by atoms with Gasteiger partial charge in [-0.05, 0) is 48.0 Å². The van der Waals surface area contributed by atoms with Crippen LogP contribution in [0.1, 0.15) is 15.9 Å². The number of nitrogens with zero attached hydrogens (tertiary/aromatic N) is 3. The van der Waals surface area contributed by atoms with E-state index in [0.717, 1.165) is 16.8 Å². The lowest BCUT2D eigenvalue weighted by molar-refractivity contribution is 0.102. The molecule has 0 aliphatic carbocycles. The van der Waals surface area contributed by atoms with Gasteiger partial charge in [-0.25, -0.2) is 9.07 Å². The van der Waals surface area contributed by atoms with Crippen LogP contribution in [0.25, 0.3) is 11.0 Å². The van der Waals surface area contributed by atoms with Gasteiger partial charge in [-0.1, -0.05) is 29.5 Å². The van der Waals surface area contributed by atoms with Crippen molar-refractivity contribution in [2.75, 3.05) is 12.4 Å². The molecule has 1 heterocycles. The number of benzene rings is 3. The number of ether oxygens (including phenoxy) is 1. The molecule has 0 atom stereocenters. The molecule has 4 aromatic rings. The van der Waals surface area contributed by atoms with Crippen molar-refractivity contribution in [2.45, 2.75) is 6.54 Å². The summed E-state index contributed by atoms with van der Waals surface area (Å²) in [6.07, 6.45) is 0. The smallest absolute Gasteiger partial charge is 0.255 e. The van der Waals surface area contributed by atoms with Crippen LogP contribution in [-0.4, -0.2) is 28.0 Å². The number of halogens is 1. The molecule has 0 aliphatic heterocycles. The van der Waals surface area contributed by atoms with Crippen LogP contribution in [0.5, 0.6) is 5.75 Å². The second-order valence-corrected chi connectivity index (χ2v) is 6.24. The van der Waals surface area contributed by atoms with E-state index >= 15 is 0 Å². The van der Waals surface area contributed by atoms with Crippen molar-refractivity contribution in [3.8, 4) is 5.75 Å². The Bertz CT molecular complexity index is 1160. The Morgan fingerprint density at radius 2 is 1.96 bits per heavy atom. The first-order valence-corrected chi connectivity index (χ1v) is 8.66. The quantitative estimate of drug-likeness (QED) is 0.574. The number of fused-ring (bicyclic) bond motifs is 1. The monoisotopic (exact) mass is 376 g/mol. The van der Waals surface area contributed by atoms with E-state index in [1.165, 1.54) is 12.1 Å². The highest BCUT2D eigenvalue weighted by Gasteiger charge is 2.12. The number of rotatable bonds is 5. The summed E-state index contributed by atoms with van der Waals surface area (Å²) in [7, 11) is 1.62. The van der Waals surface area contributed by atoms with Crippen molar-refractivity contribution in [3.63, 3.8) is 0 Å². The number of anilines is 1. The molecule has 0 radical (unpaired) electrons. The van der Waals surface area contributed by atoms with E-state index in [1.807, 2.05) is 24.3 Å². The van der Waals surface area contributed by atoms with Crippen LogP contribution in [0.15, 0.2) is 66.7 Å². The lowest BCUT2D eigenvalue weighted by Crippen LogP contribution is -2.12. The number of aromatic nitrogens is 3. The van der Waals surface area contributed by atoms with Crippen LogP contribution in [-0.2, 0) is 6.54 Å². The standard InChI is InChI=1S/C21H17FN4O2/c1-28-16-6-4-5-14(11-16)13-26-20-10-9-15(12-19(20)24-25-26)21(27)23-18-8-3-2-7-17(18)22/h2-12H,13H2,1H3,(H,23,27). The Labute approximate surface area is 160 Å². The Morgan fingerprint density at radius 3 is 2.79 bits per heavy atom. The van der Waals surface area contributed by atoms with Crippen molar-refractivity contribution < 1.29 is 13.9 Å². The van der Waals surface area contributed by atoms with Gasteiger partial charge in [0, 0.05) is 5.56 Å². The predicted molar refractivity (Wildman–Crippen MR) is 104 cm³/mol. The average Bonchev–Trinajstić information content (AvgIpc) is 3.12.